The van der Waals surface area contributed by atoms with Gasteiger partial charge in [-0.05, 0) is 78.9 Å². The Kier molecular flexibility index (Phi) is 6.06. The Labute approximate surface area is 265 Å². The Bertz CT molecular complexity index is 2220. The molecule has 5 heteroatoms. The van der Waals surface area contributed by atoms with Crippen molar-refractivity contribution in [3.63, 3.8) is 0 Å². The number of fused-ring (bicyclic) bond motifs is 6. The summed E-state index contributed by atoms with van der Waals surface area (Å²) in [7, 11) is 0. The number of furan rings is 2. The molecule has 0 saturated carbocycles. The molecular weight excluding hydrogens is 566 g/mol. The lowest BCUT2D eigenvalue weighted by molar-refractivity contribution is 0.652. The fourth-order valence-corrected chi connectivity index (χ4v) is 6.33. The zero-order chi connectivity index (χ0) is 30.5. The molecule has 3 heterocycles. The third kappa shape index (κ3) is 4.37. The fraction of sp³-hybridized carbons (Fsp3) is 0. The number of hydrogen-bond donors (Lipinski definition) is 0. The first-order valence-corrected chi connectivity index (χ1v) is 15.3. The van der Waals surface area contributed by atoms with E-state index in [-0.39, 0.29) is 0 Å². The zero-order valence-corrected chi connectivity index (χ0v) is 24.7. The summed E-state index contributed by atoms with van der Waals surface area (Å²) in [5.41, 5.74) is 9.96. The molecule has 218 valence electrons. The Morgan fingerprint density at radius 1 is 0.348 bits per heavy atom. The minimum atomic E-state index is 0.590. The molecule has 0 bridgehead atoms. The van der Waals surface area contributed by atoms with Gasteiger partial charge in [0.2, 0.25) is 5.71 Å². The molecular formula is C41H27N3O2. The van der Waals surface area contributed by atoms with Crippen molar-refractivity contribution < 1.29 is 8.83 Å². The molecule has 0 spiro atoms. The van der Waals surface area contributed by atoms with Gasteiger partial charge in [0.25, 0.3) is 0 Å². The van der Waals surface area contributed by atoms with Gasteiger partial charge >= 0.3 is 0 Å². The SMILES string of the molecule is c1ccc(N(c2ccccc2)c2ccc3c(c2)oc2nc4c(cc23)oc2cc(N(c3ccccc3)c3ccccc3)ccc24)cc1. The highest BCUT2D eigenvalue weighted by Gasteiger charge is 2.19. The molecule has 0 radical (unpaired) electrons. The van der Waals surface area contributed by atoms with Gasteiger partial charge in [-0.3, -0.25) is 0 Å². The van der Waals surface area contributed by atoms with Gasteiger partial charge in [-0.2, -0.15) is 0 Å². The lowest BCUT2D eigenvalue weighted by atomic mass is 10.1. The third-order valence-electron chi connectivity index (χ3n) is 8.43. The van der Waals surface area contributed by atoms with E-state index in [1.165, 1.54) is 0 Å². The van der Waals surface area contributed by atoms with Gasteiger partial charge in [-0.25, -0.2) is 4.98 Å². The summed E-state index contributed by atoms with van der Waals surface area (Å²) < 4.78 is 12.9. The molecule has 0 N–H and O–H groups in total. The Balaban J connectivity index is 1.15. The summed E-state index contributed by atoms with van der Waals surface area (Å²) in [5, 5.41) is 2.87. The number of para-hydroxylation sites is 4. The normalized spacial score (nSPS) is 11.5. The summed E-state index contributed by atoms with van der Waals surface area (Å²) in [4.78, 5) is 9.45. The minimum absolute atomic E-state index is 0.590. The Morgan fingerprint density at radius 3 is 1.26 bits per heavy atom. The van der Waals surface area contributed by atoms with Crippen molar-refractivity contribution >= 4 is 78.3 Å². The second-order valence-electron chi connectivity index (χ2n) is 11.3. The molecule has 5 nitrogen and oxygen atoms in total. The van der Waals surface area contributed by atoms with Crippen molar-refractivity contribution in [2.45, 2.75) is 0 Å². The first kappa shape index (κ1) is 26.1. The molecule has 0 aliphatic heterocycles. The third-order valence-corrected chi connectivity index (χ3v) is 8.43. The summed E-state index contributed by atoms with van der Waals surface area (Å²) >= 11 is 0. The summed E-state index contributed by atoms with van der Waals surface area (Å²) in [5.74, 6) is 0. The topological polar surface area (TPSA) is 45.7 Å². The molecule has 0 saturated heterocycles. The molecule has 3 aromatic heterocycles. The number of nitrogens with zero attached hydrogens (tertiary/aromatic N) is 3. The molecule has 9 aromatic rings. The summed E-state index contributed by atoms with van der Waals surface area (Å²) in [6.07, 6.45) is 0. The van der Waals surface area contributed by atoms with E-state index in [0.717, 1.165) is 72.5 Å². The number of aromatic nitrogens is 1. The predicted molar refractivity (Wildman–Crippen MR) is 188 cm³/mol. The first-order valence-electron chi connectivity index (χ1n) is 15.3. The van der Waals surface area contributed by atoms with Gasteiger partial charge in [0, 0.05) is 57.0 Å². The van der Waals surface area contributed by atoms with Crippen LogP contribution in [-0.2, 0) is 0 Å². The quantitative estimate of drug-likeness (QED) is 0.192. The Hall–Kier alpha value is -6.33. The lowest BCUT2D eigenvalue weighted by Crippen LogP contribution is -2.09. The van der Waals surface area contributed by atoms with E-state index in [0.29, 0.717) is 5.71 Å². The number of pyridine rings is 1. The smallest absolute Gasteiger partial charge is 0.228 e. The predicted octanol–water partition coefficient (Wildman–Crippen LogP) is 11.8. The van der Waals surface area contributed by atoms with Crippen molar-refractivity contribution in [2.75, 3.05) is 9.80 Å². The molecule has 0 aliphatic carbocycles. The van der Waals surface area contributed by atoms with Gasteiger partial charge < -0.3 is 18.6 Å². The van der Waals surface area contributed by atoms with E-state index in [4.69, 9.17) is 13.8 Å². The highest BCUT2D eigenvalue weighted by Crippen LogP contribution is 2.41. The highest BCUT2D eigenvalue weighted by atomic mass is 16.3. The fourth-order valence-electron chi connectivity index (χ4n) is 6.33. The van der Waals surface area contributed by atoms with Crippen molar-refractivity contribution in [1.29, 1.82) is 0 Å². The van der Waals surface area contributed by atoms with E-state index in [9.17, 15) is 0 Å². The van der Waals surface area contributed by atoms with Crippen molar-refractivity contribution in [3.8, 4) is 0 Å². The van der Waals surface area contributed by atoms with Crippen molar-refractivity contribution in [1.82, 2.24) is 4.98 Å². The molecule has 6 aromatic carbocycles. The number of benzene rings is 6. The largest absolute Gasteiger partial charge is 0.454 e. The average Bonchev–Trinajstić information content (AvgIpc) is 3.65. The molecule has 0 amide bonds. The summed E-state index contributed by atoms with van der Waals surface area (Å²) in [6.45, 7) is 0. The molecule has 9 rings (SSSR count). The number of hydrogen-bond acceptors (Lipinski definition) is 5. The monoisotopic (exact) mass is 593 g/mol. The molecule has 0 unspecified atom stereocenters. The molecule has 46 heavy (non-hydrogen) atoms. The van der Waals surface area contributed by atoms with Crippen LogP contribution >= 0.6 is 0 Å². The van der Waals surface area contributed by atoms with Gasteiger partial charge in [0.15, 0.2) is 5.58 Å². The van der Waals surface area contributed by atoms with Crippen LogP contribution in [0.15, 0.2) is 173 Å². The van der Waals surface area contributed by atoms with E-state index < -0.39 is 0 Å². The maximum absolute atomic E-state index is 6.48. The molecule has 0 atom stereocenters. The van der Waals surface area contributed by atoms with Crippen LogP contribution in [0.1, 0.15) is 0 Å². The van der Waals surface area contributed by atoms with Crippen LogP contribution in [0.4, 0.5) is 34.1 Å². The van der Waals surface area contributed by atoms with Crippen LogP contribution < -0.4 is 9.80 Å². The van der Waals surface area contributed by atoms with E-state index in [1.54, 1.807) is 0 Å². The number of anilines is 6. The maximum Gasteiger partial charge on any atom is 0.228 e. The maximum atomic E-state index is 6.48. The van der Waals surface area contributed by atoms with Crippen LogP contribution in [-0.4, -0.2) is 4.98 Å². The van der Waals surface area contributed by atoms with Gasteiger partial charge in [0.1, 0.15) is 16.7 Å². The van der Waals surface area contributed by atoms with Crippen LogP contribution in [0.3, 0.4) is 0 Å². The van der Waals surface area contributed by atoms with E-state index in [1.807, 2.05) is 24.3 Å². The Morgan fingerprint density at radius 2 is 0.783 bits per heavy atom. The number of rotatable bonds is 6. The van der Waals surface area contributed by atoms with Gasteiger partial charge in [0.05, 0.1) is 5.39 Å². The standard InChI is InChI=1S/C41H27N3O2/c1-5-13-28(14-6-1)43(29-15-7-2-8-16-29)32-21-23-34-36-27-39-40(42-41(36)46-37(34)25-32)35-24-22-33(26-38(35)45-39)44(30-17-9-3-10-18-30)31-19-11-4-12-20-31/h1-27H. The second kappa shape index (κ2) is 10.7. The van der Waals surface area contributed by atoms with E-state index in [2.05, 4.69) is 149 Å². The van der Waals surface area contributed by atoms with Crippen LogP contribution in [0.25, 0.3) is 44.1 Å². The van der Waals surface area contributed by atoms with E-state index >= 15 is 0 Å². The summed E-state index contributed by atoms with van der Waals surface area (Å²) in [6, 6.07) is 56.1. The van der Waals surface area contributed by atoms with Crippen LogP contribution in [0.5, 0.6) is 0 Å². The average molecular weight is 594 g/mol. The van der Waals surface area contributed by atoms with Crippen molar-refractivity contribution in [2.24, 2.45) is 0 Å². The van der Waals surface area contributed by atoms with Crippen LogP contribution in [0.2, 0.25) is 0 Å². The first-order chi connectivity index (χ1) is 22.8. The van der Waals surface area contributed by atoms with Crippen molar-refractivity contribution in [3.05, 3.63) is 164 Å². The lowest BCUT2D eigenvalue weighted by Gasteiger charge is -2.25. The second-order valence-corrected chi connectivity index (χ2v) is 11.3. The van der Waals surface area contributed by atoms with Gasteiger partial charge in [-0.15, -0.1) is 0 Å². The molecule has 0 fully saturated rings. The van der Waals surface area contributed by atoms with Crippen LogP contribution in [0, 0.1) is 0 Å². The van der Waals surface area contributed by atoms with Gasteiger partial charge in [-0.1, -0.05) is 72.8 Å². The highest BCUT2D eigenvalue weighted by molar-refractivity contribution is 6.12. The molecule has 0 aliphatic rings. The minimum Gasteiger partial charge on any atom is -0.454 e. The zero-order valence-electron chi connectivity index (χ0n) is 24.7.